The zero-order valence-corrected chi connectivity index (χ0v) is 11.2. The summed E-state index contributed by atoms with van der Waals surface area (Å²) in [7, 11) is 4.21. The second-order valence-corrected chi connectivity index (χ2v) is 5.14. The molecule has 3 rings (SSSR count). The van der Waals surface area contributed by atoms with Crippen LogP contribution in [0.1, 0.15) is 11.1 Å². The molecule has 1 aliphatic heterocycles. The Morgan fingerprint density at radius 3 is 1.84 bits per heavy atom. The quantitative estimate of drug-likeness (QED) is 0.722. The number of hydrogen-bond acceptors (Lipinski definition) is 1. The maximum Gasteiger partial charge on any atom is 0.168 e. The summed E-state index contributed by atoms with van der Waals surface area (Å²) < 4.78 is 0.536. The van der Waals surface area contributed by atoms with Gasteiger partial charge in [-0.05, 0) is 12.1 Å². The van der Waals surface area contributed by atoms with Crippen molar-refractivity contribution in [1.82, 2.24) is 0 Å². The van der Waals surface area contributed by atoms with Gasteiger partial charge in [-0.1, -0.05) is 53.6 Å². The molecule has 0 radical (unpaired) electrons. The molecule has 2 heteroatoms. The summed E-state index contributed by atoms with van der Waals surface area (Å²) in [4.78, 5) is 0. The minimum absolute atomic E-state index is 0.536. The summed E-state index contributed by atoms with van der Waals surface area (Å²) in [6.07, 6.45) is 2.19. The molecule has 94 valence electrons. The summed E-state index contributed by atoms with van der Waals surface area (Å²) in [5, 5.41) is 4.81. The molecule has 19 heavy (non-hydrogen) atoms. The molecule has 2 aromatic rings. The van der Waals surface area contributed by atoms with Crippen molar-refractivity contribution in [2.75, 3.05) is 14.1 Å². The normalized spacial score (nSPS) is 16.9. The molecule has 2 nitrogen and oxygen atoms in total. The standard InChI is InChI=1S/C17H17N2/c1-19(2)17(15-11-7-4-8-12-15)13-16(18-19)14-9-5-3-6-10-14/h3-13H,1-2H3/q+1. The molecule has 0 fully saturated rings. The van der Waals surface area contributed by atoms with Crippen molar-refractivity contribution in [2.24, 2.45) is 5.10 Å². The van der Waals surface area contributed by atoms with E-state index in [-0.39, 0.29) is 0 Å². The van der Waals surface area contributed by atoms with E-state index >= 15 is 0 Å². The van der Waals surface area contributed by atoms with Gasteiger partial charge in [-0.3, -0.25) is 0 Å². The second kappa shape index (κ2) is 4.48. The van der Waals surface area contributed by atoms with E-state index in [0.29, 0.717) is 4.59 Å². The van der Waals surface area contributed by atoms with Crippen LogP contribution < -0.4 is 0 Å². The van der Waals surface area contributed by atoms with Crippen LogP contribution in [0.15, 0.2) is 71.8 Å². The first-order chi connectivity index (χ1) is 9.17. The van der Waals surface area contributed by atoms with Gasteiger partial charge in [0.2, 0.25) is 0 Å². The summed E-state index contributed by atoms with van der Waals surface area (Å²) in [6.45, 7) is 0. The summed E-state index contributed by atoms with van der Waals surface area (Å²) in [5.41, 5.74) is 4.66. The molecule has 1 heterocycles. The number of hydrogen-bond donors (Lipinski definition) is 0. The fourth-order valence-corrected chi connectivity index (χ4v) is 2.40. The molecular weight excluding hydrogens is 232 g/mol. The van der Waals surface area contributed by atoms with E-state index in [2.05, 4.69) is 56.6 Å². The van der Waals surface area contributed by atoms with Crippen molar-refractivity contribution in [3.8, 4) is 0 Å². The van der Waals surface area contributed by atoms with Crippen molar-refractivity contribution in [3.63, 3.8) is 0 Å². The number of rotatable bonds is 2. The Balaban J connectivity index is 2.05. The van der Waals surface area contributed by atoms with Crippen molar-refractivity contribution in [1.29, 1.82) is 0 Å². The monoisotopic (exact) mass is 249 g/mol. The van der Waals surface area contributed by atoms with Gasteiger partial charge < -0.3 is 0 Å². The molecule has 0 spiro atoms. The fraction of sp³-hybridized carbons (Fsp3) is 0.118. The van der Waals surface area contributed by atoms with Crippen LogP contribution in [-0.2, 0) is 0 Å². The zero-order chi connectivity index (χ0) is 13.3. The smallest absolute Gasteiger partial charge is 0.168 e. The van der Waals surface area contributed by atoms with E-state index in [1.54, 1.807) is 0 Å². The average Bonchev–Trinajstić information content (AvgIpc) is 2.77. The molecule has 0 amide bonds. The van der Waals surface area contributed by atoms with E-state index in [1.165, 1.54) is 16.8 Å². The van der Waals surface area contributed by atoms with Gasteiger partial charge in [0.1, 0.15) is 5.71 Å². The Morgan fingerprint density at radius 1 is 0.737 bits per heavy atom. The van der Waals surface area contributed by atoms with Crippen LogP contribution in [0, 0.1) is 0 Å². The molecule has 1 aliphatic rings. The van der Waals surface area contributed by atoms with Gasteiger partial charge in [-0.15, -0.1) is 0 Å². The topological polar surface area (TPSA) is 12.4 Å². The minimum Gasteiger partial charge on any atom is -0.170 e. The van der Waals surface area contributed by atoms with Gasteiger partial charge in [-0.25, -0.2) is 0 Å². The summed E-state index contributed by atoms with van der Waals surface area (Å²) >= 11 is 0. The van der Waals surface area contributed by atoms with Crippen LogP contribution in [0.5, 0.6) is 0 Å². The van der Waals surface area contributed by atoms with Gasteiger partial charge in [0.25, 0.3) is 0 Å². The highest BCUT2D eigenvalue weighted by Gasteiger charge is 2.31. The highest BCUT2D eigenvalue weighted by molar-refractivity contribution is 6.12. The minimum atomic E-state index is 0.536. The molecule has 0 bridgehead atoms. The Labute approximate surface area is 113 Å². The van der Waals surface area contributed by atoms with Gasteiger partial charge >= 0.3 is 0 Å². The molecule has 0 aliphatic carbocycles. The maximum absolute atomic E-state index is 4.81. The Hall–Kier alpha value is -2.19. The molecule has 0 unspecified atom stereocenters. The molecule has 0 aromatic heterocycles. The molecule has 0 saturated heterocycles. The van der Waals surface area contributed by atoms with E-state index in [9.17, 15) is 0 Å². The highest BCUT2D eigenvalue weighted by atomic mass is 15.6. The first-order valence-corrected chi connectivity index (χ1v) is 6.44. The van der Waals surface area contributed by atoms with Crippen LogP contribution in [0.3, 0.4) is 0 Å². The molecule has 0 saturated carbocycles. The highest BCUT2D eigenvalue weighted by Crippen LogP contribution is 2.30. The number of nitrogens with zero attached hydrogens (tertiary/aromatic N) is 2. The van der Waals surface area contributed by atoms with Gasteiger partial charge in [0.05, 0.1) is 14.1 Å². The lowest BCUT2D eigenvalue weighted by Crippen LogP contribution is -2.28. The first kappa shape index (κ1) is 11.9. The predicted octanol–water partition coefficient (Wildman–Crippen LogP) is 3.52. The average molecular weight is 249 g/mol. The van der Waals surface area contributed by atoms with Gasteiger partial charge in [0, 0.05) is 17.2 Å². The third-order valence-electron chi connectivity index (χ3n) is 3.36. The summed E-state index contributed by atoms with van der Waals surface area (Å²) in [6, 6.07) is 20.8. The van der Waals surface area contributed by atoms with Crippen molar-refractivity contribution >= 4 is 11.4 Å². The van der Waals surface area contributed by atoms with E-state index < -0.39 is 0 Å². The maximum atomic E-state index is 4.81. The third kappa shape index (κ3) is 2.23. The van der Waals surface area contributed by atoms with E-state index in [0.717, 1.165) is 5.71 Å². The van der Waals surface area contributed by atoms with Crippen LogP contribution in [-0.4, -0.2) is 24.4 Å². The second-order valence-electron chi connectivity index (χ2n) is 5.14. The fourth-order valence-electron chi connectivity index (χ4n) is 2.40. The Kier molecular flexibility index (Phi) is 2.80. The summed E-state index contributed by atoms with van der Waals surface area (Å²) in [5.74, 6) is 0. The van der Waals surface area contributed by atoms with E-state index in [4.69, 9.17) is 5.10 Å². The molecule has 0 N–H and O–H groups in total. The zero-order valence-electron chi connectivity index (χ0n) is 11.2. The largest absolute Gasteiger partial charge is 0.170 e. The van der Waals surface area contributed by atoms with Crippen molar-refractivity contribution in [3.05, 3.63) is 77.9 Å². The third-order valence-corrected chi connectivity index (χ3v) is 3.36. The van der Waals surface area contributed by atoms with E-state index in [1.807, 2.05) is 24.3 Å². The number of quaternary nitrogens is 1. The molecule has 0 atom stereocenters. The number of benzene rings is 2. The van der Waals surface area contributed by atoms with Crippen molar-refractivity contribution in [2.45, 2.75) is 0 Å². The van der Waals surface area contributed by atoms with Crippen LogP contribution in [0.4, 0.5) is 0 Å². The van der Waals surface area contributed by atoms with Crippen LogP contribution >= 0.6 is 0 Å². The SMILES string of the molecule is C[N+]1(C)N=C(c2ccccc2)C=C1c1ccccc1. The lowest BCUT2D eigenvalue weighted by atomic mass is 10.1. The lowest BCUT2D eigenvalue weighted by Gasteiger charge is -2.20. The first-order valence-electron chi connectivity index (χ1n) is 6.44. The predicted molar refractivity (Wildman–Crippen MR) is 79.5 cm³/mol. The van der Waals surface area contributed by atoms with Crippen molar-refractivity contribution < 1.29 is 4.59 Å². The number of allylic oxidation sites excluding steroid dienone is 1. The van der Waals surface area contributed by atoms with Gasteiger partial charge in [-0.2, -0.15) is 4.59 Å². The lowest BCUT2D eigenvalue weighted by molar-refractivity contribution is -0.822. The van der Waals surface area contributed by atoms with Crippen LogP contribution in [0.25, 0.3) is 5.70 Å². The molecular formula is C17H17N2+. The van der Waals surface area contributed by atoms with Crippen LogP contribution in [0.2, 0.25) is 0 Å². The Bertz CT molecular complexity index is 637. The molecule has 2 aromatic carbocycles. The van der Waals surface area contributed by atoms with Gasteiger partial charge in [0.15, 0.2) is 5.70 Å². The Morgan fingerprint density at radius 2 is 1.26 bits per heavy atom.